The molecule has 7 nitrogen and oxygen atoms in total. The molecule has 2 aliphatic rings. The summed E-state index contributed by atoms with van der Waals surface area (Å²) < 4.78 is 43.1. The van der Waals surface area contributed by atoms with E-state index < -0.39 is 58.8 Å². The van der Waals surface area contributed by atoms with Gasteiger partial charge in [0.1, 0.15) is 5.54 Å². The zero-order chi connectivity index (χ0) is 24.3. The Labute approximate surface area is 191 Å². The van der Waals surface area contributed by atoms with E-state index >= 15 is 0 Å². The molecule has 34 heavy (non-hydrogen) atoms. The summed E-state index contributed by atoms with van der Waals surface area (Å²) in [6.07, 6.45) is -5.32. The van der Waals surface area contributed by atoms with Crippen LogP contribution in [0.2, 0.25) is 0 Å². The molecule has 2 atom stereocenters. The van der Waals surface area contributed by atoms with Gasteiger partial charge in [0.15, 0.2) is 5.69 Å². The Balaban J connectivity index is 1.78. The lowest BCUT2D eigenvalue weighted by atomic mass is 9.83. The Morgan fingerprint density at radius 1 is 1.09 bits per heavy atom. The Morgan fingerprint density at radius 2 is 1.79 bits per heavy atom. The maximum Gasteiger partial charge on any atom is 0.411 e. The van der Waals surface area contributed by atoms with Gasteiger partial charge in [-0.25, -0.2) is 4.79 Å². The lowest BCUT2D eigenvalue weighted by molar-refractivity contribution is -0.190. The minimum Gasteiger partial charge on any atom is -0.501 e. The molecule has 2 aromatic carbocycles. The maximum absolute atomic E-state index is 14.1. The van der Waals surface area contributed by atoms with Crippen LogP contribution in [-0.2, 0) is 0 Å². The van der Waals surface area contributed by atoms with Crippen LogP contribution in [0.15, 0.2) is 58.1 Å². The van der Waals surface area contributed by atoms with E-state index in [0.29, 0.717) is 16.0 Å². The van der Waals surface area contributed by atoms with Gasteiger partial charge < -0.3 is 10.0 Å². The summed E-state index contributed by atoms with van der Waals surface area (Å²) in [5.41, 5.74) is -4.22. The first-order valence-corrected chi connectivity index (χ1v) is 10.6. The smallest absolute Gasteiger partial charge is 0.411 e. The van der Waals surface area contributed by atoms with Crippen molar-refractivity contribution in [2.24, 2.45) is 0 Å². The lowest BCUT2D eigenvalue weighted by Gasteiger charge is -2.43. The molecule has 2 N–H and O–H groups in total. The molecule has 2 heterocycles. The van der Waals surface area contributed by atoms with Crippen LogP contribution < -0.4 is 11.2 Å². The van der Waals surface area contributed by atoms with E-state index in [-0.39, 0.29) is 12.8 Å². The molecule has 2 unspecified atom stereocenters. The number of aromatic hydroxyl groups is 1. The van der Waals surface area contributed by atoms with Crippen molar-refractivity contribution in [3.05, 3.63) is 98.3 Å². The van der Waals surface area contributed by atoms with Crippen molar-refractivity contribution in [3.63, 3.8) is 0 Å². The first-order valence-electron chi connectivity index (χ1n) is 10.6. The van der Waals surface area contributed by atoms with Gasteiger partial charge in [-0.05, 0) is 30.5 Å². The van der Waals surface area contributed by atoms with Gasteiger partial charge in [0.2, 0.25) is 5.75 Å². The van der Waals surface area contributed by atoms with Crippen molar-refractivity contribution in [2.45, 2.75) is 36.5 Å². The molecule has 1 fully saturated rings. The van der Waals surface area contributed by atoms with Crippen LogP contribution in [0.25, 0.3) is 0 Å². The summed E-state index contributed by atoms with van der Waals surface area (Å²) in [5.74, 6) is -3.03. The summed E-state index contributed by atoms with van der Waals surface area (Å²) in [5, 5.41) is 10.4. The first-order chi connectivity index (χ1) is 16.2. The van der Waals surface area contributed by atoms with Crippen molar-refractivity contribution >= 4 is 5.91 Å². The Hall–Kier alpha value is -4.00. The number of amides is 1. The van der Waals surface area contributed by atoms with Gasteiger partial charge in [-0.15, -0.1) is 0 Å². The number of H-pyrrole nitrogens is 1. The molecule has 0 saturated heterocycles. The Bertz CT molecular complexity index is 1320. The topological polar surface area (TPSA) is 95.4 Å². The van der Waals surface area contributed by atoms with Crippen LogP contribution in [0.5, 0.6) is 5.75 Å². The fourth-order valence-electron chi connectivity index (χ4n) is 4.81. The average Bonchev–Trinajstić information content (AvgIpc) is 3.62. The van der Waals surface area contributed by atoms with Crippen LogP contribution in [0, 0.1) is 12.1 Å². The lowest BCUT2D eigenvalue weighted by Crippen LogP contribution is -2.59. The normalized spacial score (nSPS) is 19.0. The van der Waals surface area contributed by atoms with Crippen molar-refractivity contribution in [1.29, 1.82) is 0 Å². The number of halogens is 3. The number of aromatic nitrogens is 2. The number of benzene rings is 1. The highest BCUT2D eigenvalue weighted by molar-refractivity contribution is 5.96. The third-order valence-corrected chi connectivity index (χ3v) is 6.59. The fourth-order valence-corrected chi connectivity index (χ4v) is 4.81. The van der Waals surface area contributed by atoms with E-state index in [2.05, 4.69) is 12.1 Å². The summed E-state index contributed by atoms with van der Waals surface area (Å²) in [6, 6.07) is 18.4. The Morgan fingerprint density at radius 3 is 2.38 bits per heavy atom. The van der Waals surface area contributed by atoms with Gasteiger partial charge in [-0.2, -0.15) is 13.2 Å². The SMILES string of the molecule is O=C1c2c(O)c(=O)[nH]c(=O)n2C(C(c2c#cccc2)c2ccccc2)CN1C1(C(F)(F)F)CC1. The molecule has 174 valence electrons. The molecular formula is C24H18F3N3O4. The molecule has 1 aliphatic carbocycles. The van der Waals surface area contributed by atoms with Gasteiger partial charge in [-0.1, -0.05) is 48.5 Å². The van der Waals surface area contributed by atoms with E-state index in [4.69, 9.17) is 0 Å². The number of rotatable bonds is 4. The number of aromatic amines is 1. The number of carbonyl (C=O) groups excluding carboxylic acids is 1. The van der Waals surface area contributed by atoms with Crippen LogP contribution in [-0.4, -0.2) is 43.7 Å². The van der Waals surface area contributed by atoms with E-state index in [0.717, 1.165) is 4.57 Å². The molecule has 1 saturated carbocycles. The predicted molar refractivity (Wildman–Crippen MR) is 113 cm³/mol. The fraction of sp³-hybridized carbons (Fsp3) is 0.292. The summed E-state index contributed by atoms with van der Waals surface area (Å²) in [6.45, 7) is -0.459. The molecule has 0 radical (unpaired) electrons. The zero-order valence-electron chi connectivity index (χ0n) is 17.6. The number of hydrogen-bond donors (Lipinski definition) is 2. The van der Waals surface area contributed by atoms with Crippen LogP contribution >= 0.6 is 0 Å². The zero-order valence-corrected chi connectivity index (χ0v) is 17.6. The van der Waals surface area contributed by atoms with Crippen molar-refractivity contribution in [1.82, 2.24) is 14.5 Å². The molecule has 0 spiro atoms. The highest BCUT2D eigenvalue weighted by Gasteiger charge is 2.69. The Kier molecular flexibility index (Phi) is 4.82. The van der Waals surface area contributed by atoms with Crippen LogP contribution in [0.3, 0.4) is 0 Å². The monoisotopic (exact) mass is 469 g/mol. The maximum atomic E-state index is 14.1. The number of fused-ring (bicyclic) bond motifs is 1. The molecule has 1 aromatic heterocycles. The van der Waals surface area contributed by atoms with Gasteiger partial charge in [0.05, 0.1) is 6.04 Å². The highest BCUT2D eigenvalue weighted by Crippen LogP contribution is 2.56. The third kappa shape index (κ3) is 3.19. The molecule has 0 bridgehead atoms. The summed E-state index contributed by atoms with van der Waals surface area (Å²) >= 11 is 0. The molecule has 3 aromatic rings. The van der Waals surface area contributed by atoms with Gasteiger partial charge in [0, 0.05) is 18.0 Å². The number of carbonyl (C=O) groups is 1. The molecule has 5 rings (SSSR count). The number of nitrogens with one attached hydrogen (secondary N) is 1. The minimum absolute atomic E-state index is 0.301. The van der Waals surface area contributed by atoms with E-state index in [1.165, 1.54) is 0 Å². The van der Waals surface area contributed by atoms with E-state index in [1.807, 2.05) is 4.98 Å². The van der Waals surface area contributed by atoms with E-state index in [1.54, 1.807) is 48.5 Å². The second-order valence-electron chi connectivity index (χ2n) is 8.48. The van der Waals surface area contributed by atoms with Gasteiger partial charge in [0.25, 0.3) is 11.5 Å². The van der Waals surface area contributed by atoms with Crippen LogP contribution in [0.4, 0.5) is 13.2 Å². The number of nitrogens with zero attached hydrogens (tertiary/aromatic N) is 2. The second-order valence-corrected chi connectivity index (χ2v) is 8.48. The number of hydrogen-bond acceptors (Lipinski definition) is 4. The van der Waals surface area contributed by atoms with E-state index in [9.17, 15) is 32.7 Å². The average molecular weight is 469 g/mol. The predicted octanol–water partition coefficient (Wildman–Crippen LogP) is 2.77. The summed E-state index contributed by atoms with van der Waals surface area (Å²) in [7, 11) is 0. The van der Waals surface area contributed by atoms with Crippen molar-refractivity contribution in [3.8, 4) is 5.75 Å². The molecule has 10 heteroatoms. The standard InChI is InChI=1S/C24H18F3N3O4/c25-24(26,27)23(11-12-23)29-13-16(30-18(21(29)33)19(31)20(32)28-22(30)34)17(14-7-3-1-4-8-14)15-9-5-2-6-10-15/h1-5,7-9,16-17,31H,11-13H2,(H,28,32,34). The van der Waals surface area contributed by atoms with Crippen molar-refractivity contribution in [2.75, 3.05) is 6.54 Å². The molecular weight excluding hydrogens is 451 g/mol. The minimum atomic E-state index is -4.72. The van der Waals surface area contributed by atoms with Gasteiger partial charge >= 0.3 is 11.9 Å². The van der Waals surface area contributed by atoms with Crippen LogP contribution in [0.1, 0.15) is 46.4 Å². The third-order valence-electron chi connectivity index (χ3n) is 6.59. The van der Waals surface area contributed by atoms with Gasteiger partial charge in [-0.3, -0.25) is 19.1 Å². The first kappa shape index (κ1) is 21.8. The second kappa shape index (κ2) is 7.52. The van der Waals surface area contributed by atoms with Crippen molar-refractivity contribution < 1.29 is 23.1 Å². The largest absolute Gasteiger partial charge is 0.501 e. The summed E-state index contributed by atoms with van der Waals surface area (Å²) in [4.78, 5) is 40.9. The molecule has 1 amide bonds. The number of alkyl halides is 3. The quantitative estimate of drug-likeness (QED) is 0.615. The molecule has 1 aliphatic heterocycles. The highest BCUT2D eigenvalue weighted by atomic mass is 19.4.